The molecule has 0 aromatic heterocycles. The number of carbonyl (C=O) groups excluding carboxylic acids is 3. The molecule has 4 aliphatic carbocycles. The Bertz CT molecular complexity index is 769. The van der Waals surface area contributed by atoms with Crippen molar-refractivity contribution >= 4 is 17.3 Å². The molecule has 0 aromatic rings. The van der Waals surface area contributed by atoms with E-state index in [2.05, 4.69) is 0 Å². The van der Waals surface area contributed by atoms with Crippen LogP contribution < -0.4 is 0 Å². The van der Waals surface area contributed by atoms with Gasteiger partial charge in [-0.05, 0) is 43.4 Å². The average molecular weight is 348 g/mol. The van der Waals surface area contributed by atoms with Crippen LogP contribution in [0.5, 0.6) is 0 Å². The second-order valence-corrected chi connectivity index (χ2v) is 8.68. The van der Waals surface area contributed by atoms with Gasteiger partial charge in [0.2, 0.25) is 0 Å². The fraction of sp³-hybridized carbons (Fsp3) is 0.650. The molecular formula is C20H22F2O3. The summed E-state index contributed by atoms with van der Waals surface area (Å²) in [6.07, 6.45) is 2.46. The number of alkyl halides is 2. The van der Waals surface area contributed by atoms with E-state index in [9.17, 15) is 18.8 Å². The third-order valence-corrected chi connectivity index (χ3v) is 7.40. The van der Waals surface area contributed by atoms with Crippen LogP contribution in [0.2, 0.25) is 0 Å². The molecule has 0 aromatic carbocycles. The highest BCUT2D eigenvalue weighted by atomic mass is 19.1. The SMILES string of the molecule is CC1CC2C3CC(F)C4=CC(=O)C=CC4(C)C3(F)C(=O)CC2(C)C1=O. The molecule has 4 aliphatic rings. The summed E-state index contributed by atoms with van der Waals surface area (Å²) < 4.78 is 31.4. The van der Waals surface area contributed by atoms with Crippen LogP contribution in [-0.2, 0) is 14.4 Å². The molecule has 0 N–H and O–H groups in total. The quantitative estimate of drug-likeness (QED) is 0.675. The van der Waals surface area contributed by atoms with Crippen LogP contribution in [0.3, 0.4) is 0 Å². The second kappa shape index (κ2) is 4.74. The van der Waals surface area contributed by atoms with Crippen molar-refractivity contribution in [2.45, 2.75) is 51.9 Å². The van der Waals surface area contributed by atoms with Crippen molar-refractivity contribution in [2.24, 2.45) is 28.6 Å². The summed E-state index contributed by atoms with van der Waals surface area (Å²) in [4.78, 5) is 37.3. The van der Waals surface area contributed by atoms with Crippen LogP contribution in [0.4, 0.5) is 8.78 Å². The van der Waals surface area contributed by atoms with Crippen molar-refractivity contribution in [3.05, 3.63) is 23.8 Å². The zero-order chi connectivity index (χ0) is 18.4. The van der Waals surface area contributed by atoms with Crippen LogP contribution in [0, 0.1) is 28.6 Å². The van der Waals surface area contributed by atoms with Crippen molar-refractivity contribution in [1.29, 1.82) is 0 Å². The van der Waals surface area contributed by atoms with E-state index in [1.807, 2.05) is 0 Å². The van der Waals surface area contributed by atoms with Gasteiger partial charge in [-0.1, -0.05) is 19.9 Å². The maximum Gasteiger partial charge on any atom is 0.184 e. The Hall–Kier alpha value is -1.65. The second-order valence-electron chi connectivity index (χ2n) is 8.68. The monoisotopic (exact) mass is 348 g/mol. The zero-order valence-corrected chi connectivity index (χ0v) is 14.6. The van der Waals surface area contributed by atoms with Crippen LogP contribution >= 0.6 is 0 Å². The number of carbonyl (C=O) groups is 3. The number of rotatable bonds is 0. The molecule has 3 nitrogen and oxygen atoms in total. The lowest BCUT2D eigenvalue weighted by Crippen LogP contribution is -2.66. The topological polar surface area (TPSA) is 51.2 Å². The fourth-order valence-corrected chi connectivity index (χ4v) is 6.06. The Balaban J connectivity index is 1.89. The number of Topliss-reactive ketones (excluding diaryl/α,β-unsaturated/α-hetero) is 2. The van der Waals surface area contributed by atoms with Gasteiger partial charge in [0.25, 0.3) is 0 Å². The minimum atomic E-state index is -2.27. The smallest absolute Gasteiger partial charge is 0.184 e. The first-order chi connectivity index (χ1) is 11.6. The van der Waals surface area contributed by atoms with E-state index >= 15 is 4.39 Å². The Morgan fingerprint density at radius 1 is 1.12 bits per heavy atom. The molecule has 7 atom stereocenters. The highest BCUT2D eigenvalue weighted by molar-refractivity contribution is 6.04. The molecule has 0 heterocycles. The minimum Gasteiger partial charge on any atom is -0.299 e. The van der Waals surface area contributed by atoms with Gasteiger partial charge in [-0.3, -0.25) is 14.4 Å². The lowest BCUT2D eigenvalue weighted by molar-refractivity contribution is -0.169. The van der Waals surface area contributed by atoms with Crippen molar-refractivity contribution in [3.63, 3.8) is 0 Å². The molecule has 25 heavy (non-hydrogen) atoms. The first-order valence-electron chi connectivity index (χ1n) is 8.91. The first kappa shape index (κ1) is 16.8. The largest absolute Gasteiger partial charge is 0.299 e. The van der Waals surface area contributed by atoms with E-state index < -0.39 is 34.4 Å². The third kappa shape index (κ3) is 1.77. The van der Waals surface area contributed by atoms with Gasteiger partial charge in [0.1, 0.15) is 12.0 Å². The number of fused-ring (bicyclic) bond motifs is 5. The summed E-state index contributed by atoms with van der Waals surface area (Å²) in [5.41, 5.74) is -4.57. The lowest BCUT2D eigenvalue weighted by atomic mass is 9.46. The van der Waals surface area contributed by atoms with Gasteiger partial charge in [0, 0.05) is 23.7 Å². The summed E-state index contributed by atoms with van der Waals surface area (Å²) in [7, 11) is 0. The predicted octanol–water partition coefficient (Wildman–Crippen LogP) is 3.33. The molecule has 5 heteroatoms. The lowest BCUT2D eigenvalue weighted by Gasteiger charge is -2.58. The van der Waals surface area contributed by atoms with E-state index in [4.69, 9.17) is 0 Å². The summed E-state index contributed by atoms with van der Waals surface area (Å²) in [6.45, 7) is 5.06. The van der Waals surface area contributed by atoms with Gasteiger partial charge in [-0.25, -0.2) is 8.78 Å². The van der Waals surface area contributed by atoms with Gasteiger partial charge in [0.05, 0.1) is 5.41 Å². The van der Waals surface area contributed by atoms with Gasteiger partial charge >= 0.3 is 0 Å². The molecule has 3 fully saturated rings. The third-order valence-electron chi connectivity index (χ3n) is 7.40. The van der Waals surface area contributed by atoms with Gasteiger partial charge in [-0.15, -0.1) is 0 Å². The Morgan fingerprint density at radius 2 is 1.80 bits per heavy atom. The van der Waals surface area contributed by atoms with Crippen LogP contribution in [0.1, 0.15) is 40.0 Å². The van der Waals surface area contributed by atoms with Crippen molar-refractivity contribution in [2.75, 3.05) is 0 Å². The molecule has 7 unspecified atom stereocenters. The van der Waals surface area contributed by atoms with Crippen LogP contribution in [0.25, 0.3) is 0 Å². The number of hydrogen-bond donors (Lipinski definition) is 0. The molecule has 0 saturated heterocycles. The summed E-state index contributed by atoms with van der Waals surface area (Å²) in [5, 5.41) is 0. The number of allylic oxidation sites excluding steroid dienone is 4. The molecule has 3 saturated carbocycles. The maximum atomic E-state index is 16.5. The van der Waals surface area contributed by atoms with E-state index in [-0.39, 0.29) is 41.8 Å². The van der Waals surface area contributed by atoms with Crippen molar-refractivity contribution < 1.29 is 23.2 Å². The van der Waals surface area contributed by atoms with E-state index in [1.165, 1.54) is 19.1 Å². The fourth-order valence-electron chi connectivity index (χ4n) is 6.06. The molecule has 134 valence electrons. The number of halogens is 2. The van der Waals surface area contributed by atoms with Gasteiger partial charge in [0.15, 0.2) is 17.2 Å². The summed E-state index contributed by atoms with van der Waals surface area (Å²) in [5.74, 6) is -2.45. The maximum absolute atomic E-state index is 16.5. The summed E-state index contributed by atoms with van der Waals surface area (Å²) >= 11 is 0. The predicted molar refractivity (Wildman–Crippen MR) is 87.2 cm³/mol. The molecule has 4 rings (SSSR count). The normalized spacial score (nSPS) is 51.7. The first-order valence-corrected chi connectivity index (χ1v) is 8.91. The average Bonchev–Trinajstić information content (AvgIpc) is 2.76. The molecular weight excluding hydrogens is 326 g/mol. The van der Waals surface area contributed by atoms with E-state index in [1.54, 1.807) is 13.8 Å². The molecule has 0 amide bonds. The Kier molecular flexibility index (Phi) is 3.19. The van der Waals surface area contributed by atoms with Crippen LogP contribution in [-0.4, -0.2) is 29.2 Å². The zero-order valence-electron chi connectivity index (χ0n) is 14.6. The minimum absolute atomic E-state index is 0.0100. The van der Waals surface area contributed by atoms with Gasteiger partial charge in [-0.2, -0.15) is 0 Å². The Labute approximate surface area is 145 Å². The van der Waals surface area contributed by atoms with E-state index in [0.717, 1.165) is 6.08 Å². The highest BCUT2D eigenvalue weighted by Crippen LogP contribution is 2.66. The van der Waals surface area contributed by atoms with E-state index in [0.29, 0.717) is 6.42 Å². The highest BCUT2D eigenvalue weighted by Gasteiger charge is 2.72. The molecule has 0 spiro atoms. The molecule has 0 bridgehead atoms. The van der Waals surface area contributed by atoms with Gasteiger partial charge < -0.3 is 0 Å². The van der Waals surface area contributed by atoms with Crippen molar-refractivity contribution in [3.8, 4) is 0 Å². The number of ketones is 3. The number of hydrogen-bond acceptors (Lipinski definition) is 3. The molecule has 0 radical (unpaired) electrons. The Morgan fingerprint density at radius 3 is 2.48 bits per heavy atom. The molecule has 0 aliphatic heterocycles. The standard InChI is InChI=1S/C20H22F2O3/c1-10-6-12-13-8-15(21)14-7-11(23)4-5-19(14,3)20(13,22)16(24)9-18(12,2)17(10)25/h4-5,7,10,12-13,15H,6,8-9H2,1-3H3. The van der Waals surface area contributed by atoms with Crippen LogP contribution in [0.15, 0.2) is 23.8 Å². The summed E-state index contributed by atoms with van der Waals surface area (Å²) in [6, 6.07) is 0. The van der Waals surface area contributed by atoms with Crippen molar-refractivity contribution in [1.82, 2.24) is 0 Å².